The van der Waals surface area contributed by atoms with Crippen LogP contribution in [-0.2, 0) is 13.2 Å². The lowest BCUT2D eigenvalue weighted by Crippen LogP contribution is -2.05. The zero-order chi connectivity index (χ0) is 20.1. The molecule has 3 aromatic rings. The normalized spacial score (nSPS) is 10.5. The Morgan fingerprint density at radius 2 is 1.64 bits per heavy atom. The van der Waals surface area contributed by atoms with Crippen LogP contribution in [0.5, 0.6) is 5.75 Å². The van der Waals surface area contributed by atoms with Crippen LogP contribution in [-0.4, -0.2) is 11.1 Å². The second-order valence-electron chi connectivity index (χ2n) is 6.02. The molecule has 4 nitrogen and oxygen atoms in total. The highest BCUT2D eigenvalue weighted by Crippen LogP contribution is 2.26. The van der Waals surface area contributed by atoms with Gasteiger partial charge in [-0.15, -0.1) is 0 Å². The van der Waals surface area contributed by atoms with Crippen molar-refractivity contribution in [3.05, 3.63) is 92.4 Å². The van der Waals surface area contributed by atoms with Gasteiger partial charge < -0.3 is 15.2 Å². The summed E-state index contributed by atoms with van der Waals surface area (Å²) in [5.74, 6) is -0.371. The standard InChI is InChI=1S/C21H16Cl3NO3/c22-15-3-1-13(2-4-15)12-28-20-8-5-16(23)9-14(20)11-25-17-6-7-18(21(26)27)19(24)10-17/h1-10,25H,11-12H2,(H,26,27). The number of carboxylic acid groups (broad SMARTS) is 1. The zero-order valence-electron chi connectivity index (χ0n) is 14.6. The number of nitrogens with one attached hydrogen (secondary N) is 1. The van der Waals surface area contributed by atoms with Crippen LogP contribution in [0.1, 0.15) is 21.5 Å². The van der Waals surface area contributed by atoms with Crippen molar-refractivity contribution in [2.45, 2.75) is 13.2 Å². The predicted octanol–water partition coefficient (Wildman–Crippen LogP) is 6.54. The molecule has 0 saturated carbocycles. The first-order valence-corrected chi connectivity index (χ1v) is 9.48. The smallest absolute Gasteiger partial charge is 0.337 e. The molecular weight excluding hydrogens is 421 g/mol. The van der Waals surface area contributed by atoms with Gasteiger partial charge in [0.25, 0.3) is 0 Å². The van der Waals surface area contributed by atoms with Crippen LogP contribution in [0.25, 0.3) is 0 Å². The molecule has 0 spiro atoms. The molecular formula is C21H16Cl3NO3. The number of aromatic carboxylic acids is 1. The third-order valence-electron chi connectivity index (χ3n) is 4.01. The van der Waals surface area contributed by atoms with E-state index >= 15 is 0 Å². The van der Waals surface area contributed by atoms with E-state index in [0.717, 1.165) is 11.1 Å². The maximum absolute atomic E-state index is 11.1. The average molecular weight is 437 g/mol. The van der Waals surface area contributed by atoms with Crippen LogP contribution in [0.2, 0.25) is 15.1 Å². The van der Waals surface area contributed by atoms with E-state index in [1.54, 1.807) is 18.2 Å². The second kappa shape index (κ2) is 9.20. The highest BCUT2D eigenvalue weighted by atomic mass is 35.5. The fourth-order valence-corrected chi connectivity index (χ4v) is 3.15. The number of ether oxygens (including phenoxy) is 1. The molecule has 28 heavy (non-hydrogen) atoms. The first-order chi connectivity index (χ1) is 13.4. The van der Waals surface area contributed by atoms with E-state index in [4.69, 9.17) is 44.6 Å². The van der Waals surface area contributed by atoms with Crippen molar-refractivity contribution in [2.24, 2.45) is 0 Å². The van der Waals surface area contributed by atoms with Crippen LogP contribution in [0.4, 0.5) is 5.69 Å². The molecule has 144 valence electrons. The summed E-state index contributed by atoms with van der Waals surface area (Å²) in [6.07, 6.45) is 0. The SMILES string of the molecule is O=C(O)c1ccc(NCc2cc(Cl)ccc2OCc2ccc(Cl)cc2)cc1Cl. The quantitative estimate of drug-likeness (QED) is 0.442. The molecule has 0 unspecified atom stereocenters. The Kier molecular flexibility index (Phi) is 6.68. The minimum atomic E-state index is -1.07. The van der Waals surface area contributed by atoms with E-state index in [9.17, 15) is 4.79 Å². The largest absolute Gasteiger partial charge is 0.489 e. The molecule has 0 atom stereocenters. The molecule has 0 heterocycles. The van der Waals surface area contributed by atoms with Gasteiger partial charge in [0, 0.05) is 27.8 Å². The van der Waals surface area contributed by atoms with Crippen molar-refractivity contribution in [2.75, 3.05) is 5.32 Å². The van der Waals surface area contributed by atoms with E-state index in [1.165, 1.54) is 6.07 Å². The highest BCUT2D eigenvalue weighted by Gasteiger charge is 2.10. The molecule has 0 saturated heterocycles. The van der Waals surface area contributed by atoms with Crippen LogP contribution < -0.4 is 10.1 Å². The molecule has 0 aliphatic rings. The van der Waals surface area contributed by atoms with Crippen LogP contribution >= 0.6 is 34.8 Å². The molecule has 0 aliphatic carbocycles. The van der Waals surface area contributed by atoms with E-state index < -0.39 is 5.97 Å². The first kappa shape index (κ1) is 20.3. The maximum atomic E-state index is 11.1. The Balaban J connectivity index is 1.71. The number of carboxylic acids is 1. The summed E-state index contributed by atoms with van der Waals surface area (Å²) in [5.41, 5.74) is 2.61. The second-order valence-corrected chi connectivity index (χ2v) is 7.30. The molecule has 0 bridgehead atoms. The molecule has 0 fully saturated rings. The number of hydrogen-bond donors (Lipinski definition) is 2. The Labute approximate surface area is 177 Å². The van der Waals surface area contributed by atoms with Gasteiger partial charge in [0.05, 0.1) is 10.6 Å². The van der Waals surface area contributed by atoms with Gasteiger partial charge in [-0.3, -0.25) is 0 Å². The Hall–Kier alpha value is -2.40. The van der Waals surface area contributed by atoms with Gasteiger partial charge in [-0.25, -0.2) is 4.79 Å². The van der Waals surface area contributed by atoms with Crippen molar-refractivity contribution >= 4 is 46.5 Å². The average Bonchev–Trinajstić information content (AvgIpc) is 2.66. The van der Waals surface area contributed by atoms with Crippen molar-refractivity contribution in [1.82, 2.24) is 0 Å². The van der Waals surface area contributed by atoms with E-state index in [1.807, 2.05) is 36.4 Å². The lowest BCUT2D eigenvalue weighted by Gasteiger charge is -2.14. The predicted molar refractivity (Wildman–Crippen MR) is 113 cm³/mol. The maximum Gasteiger partial charge on any atom is 0.337 e. The number of hydrogen-bond acceptors (Lipinski definition) is 3. The van der Waals surface area contributed by atoms with Crippen LogP contribution in [0, 0.1) is 0 Å². The minimum Gasteiger partial charge on any atom is -0.489 e. The number of anilines is 1. The molecule has 0 aromatic heterocycles. The number of rotatable bonds is 7. The van der Waals surface area contributed by atoms with Gasteiger partial charge >= 0.3 is 5.97 Å². The van der Waals surface area contributed by atoms with Gasteiger partial charge in [0.15, 0.2) is 0 Å². The molecule has 3 aromatic carbocycles. The lowest BCUT2D eigenvalue weighted by atomic mass is 10.1. The summed E-state index contributed by atoms with van der Waals surface area (Å²) in [5, 5.41) is 13.7. The number of halogens is 3. The van der Waals surface area contributed by atoms with Gasteiger partial charge in [0.2, 0.25) is 0 Å². The van der Waals surface area contributed by atoms with E-state index in [0.29, 0.717) is 34.6 Å². The fourth-order valence-electron chi connectivity index (χ4n) is 2.56. The van der Waals surface area contributed by atoms with Crippen LogP contribution in [0.15, 0.2) is 60.7 Å². The summed E-state index contributed by atoms with van der Waals surface area (Å²) < 4.78 is 5.94. The molecule has 0 aliphatic heterocycles. The van der Waals surface area contributed by atoms with Crippen LogP contribution in [0.3, 0.4) is 0 Å². The molecule has 3 rings (SSSR count). The lowest BCUT2D eigenvalue weighted by molar-refractivity contribution is 0.0697. The fraction of sp³-hybridized carbons (Fsp3) is 0.0952. The summed E-state index contributed by atoms with van der Waals surface area (Å²) in [6.45, 7) is 0.824. The summed E-state index contributed by atoms with van der Waals surface area (Å²) >= 11 is 18.0. The van der Waals surface area contributed by atoms with Crippen molar-refractivity contribution in [1.29, 1.82) is 0 Å². The Morgan fingerprint density at radius 1 is 0.929 bits per heavy atom. The van der Waals surface area contributed by atoms with Gasteiger partial charge in [-0.2, -0.15) is 0 Å². The summed E-state index contributed by atoms with van der Waals surface area (Å²) in [7, 11) is 0. The molecule has 2 N–H and O–H groups in total. The topological polar surface area (TPSA) is 58.6 Å². The van der Waals surface area contributed by atoms with Crippen molar-refractivity contribution in [3.63, 3.8) is 0 Å². The minimum absolute atomic E-state index is 0.0574. The number of carbonyl (C=O) groups is 1. The van der Waals surface area contributed by atoms with E-state index in [-0.39, 0.29) is 10.6 Å². The summed E-state index contributed by atoms with van der Waals surface area (Å²) in [6, 6.07) is 17.5. The van der Waals surface area contributed by atoms with E-state index in [2.05, 4.69) is 5.32 Å². The van der Waals surface area contributed by atoms with Crippen molar-refractivity contribution < 1.29 is 14.6 Å². The Bertz CT molecular complexity index is 991. The zero-order valence-corrected chi connectivity index (χ0v) is 16.9. The van der Waals surface area contributed by atoms with Gasteiger partial charge in [0.1, 0.15) is 12.4 Å². The highest BCUT2D eigenvalue weighted by molar-refractivity contribution is 6.33. The van der Waals surface area contributed by atoms with Crippen molar-refractivity contribution in [3.8, 4) is 5.75 Å². The summed E-state index contributed by atoms with van der Waals surface area (Å²) in [4.78, 5) is 11.1. The Morgan fingerprint density at radius 3 is 2.32 bits per heavy atom. The van der Waals surface area contributed by atoms with Gasteiger partial charge in [-0.1, -0.05) is 46.9 Å². The third kappa shape index (κ3) is 5.32. The molecule has 7 heteroatoms. The molecule has 0 radical (unpaired) electrons. The first-order valence-electron chi connectivity index (χ1n) is 8.35. The third-order valence-corrected chi connectivity index (χ3v) is 4.81. The monoisotopic (exact) mass is 435 g/mol. The number of benzene rings is 3. The molecule has 0 amide bonds. The van der Waals surface area contributed by atoms with Gasteiger partial charge in [-0.05, 0) is 54.1 Å².